The molecule has 0 fully saturated rings. The monoisotopic (exact) mass is 404 g/mol. The van der Waals surface area contributed by atoms with Crippen LogP contribution in [0.5, 0.6) is 5.75 Å². The van der Waals surface area contributed by atoms with Crippen LogP contribution in [0.25, 0.3) is 0 Å². The lowest BCUT2D eigenvalue weighted by atomic mass is 10.2. The van der Waals surface area contributed by atoms with Crippen molar-refractivity contribution in [2.24, 2.45) is 5.73 Å². The molecule has 1 atom stereocenters. The minimum Gasteiger partial charge on any atom is -0.494 e. The van der Waals surface area contributed by atoms with Gasteiger partial charge in [0, 0.05) is 6.04 Å². The maximum atomic E-state index is 5.78. The van der Waals surface area contributed by atoms with Gasteiger partial charge in [-0.1, -0.05) is 0 Å². The van der Waals surface area contributed by atoms with Crippen LogP contribution in [0.2, 0.25) is 0 Å². The Morgan fingerprint density at radius 3 is 2.62 bits per heavy atom. The van der Waals surface area contributed by atoms with Crippen LogP contribution < -0.4 is 10.5 Å². The molecule has 1 aromatic rings. The summed E-state index contributed by atoms with van der Waals surface area (Å²) >= 11 is 4.39. The maximum absolute atomic E-state index is 5.78. The van der Waals surface area contributed by atoms with Crippen LogP contribution in [0, 0.1) is 7.27 Å². The van der Waals surface area contributed by atoms with Gasteiger partial charge in [-0.15, -0.1) is 0 Å². The number of pyridine rings is 1. The van der Waals surface area contributed by atoms with Crippen molar-refractivity contribution in [1.29, 1.82) is 0 Å². The van der Waals surface area contributed by atoms with Crippen LogP contribution >= 0.6 is 45.2 Å². The first-order chi connectivity index (χ1) is 6.06. The summed E-state index contributed by atoms with van der Waals surface area (Å²) < 4.78 is 7.23. The van der Waals surface area contributed by atoms with Crippen molar-refractivity contribution in [2.45, 2.75) is 13.0 Å². The summed E-state index contributed by atoms with van der Waals surface area (Å²) in [6.45, 7) is 1.90. The molecule has 0 aliphatic rings. The van der Waals surface area contributed by atoms with Gasteiger partial charge >= 0.3 is 0 Å². The molecule has 3 nitrogen and oxygen atoms in total. The Bertz CT molecular complexity index is 315. The van der Waals surface area contributed by atoms with Crippen LogP contribution in [0.1, 0.15) is 18.7 Å². The highest BCUT2D eigenvalue weighted by Gasteiger charge is 2.13. The van der Waals surface area contributed by atoms with Gasteiger partial charge in [0.1, 0.15) is 9.39 Å². The second-order valence-electron chi connectivity index (χ2n) is 2.63. The topological polar surface area (TPSA) is 48.1 Å². The predicted molar refractivity (Wildman–Crippen MR) is 68.8 cm³/mol. The van der Waals surface area contributed by atoms with E-state index in [0.717, 1.165) is 18.7 Å². The van der Waals surface area contributed by atoms with Crippen molar-refractivity contribution < 1.29 is 4.74 Å². The quantitative estimate of drug-likeness (QED) is 0.609. The zero-order valence-electron chi connectivity index (χ0n) is 7.34. The maximum Gasteiger partial charge on any atom is 0.155 e. The lowest BCUT2D eigenvalue weighted by molar-refractivity contribution is 0.400. The fourth-order valence-corrected chi connectivity index (χ4v) is 2.96. The molecule has 0 aliphatic heterocycles. The summed E-state index contributed by atoms with van der Waals surface area (Å²) in [7, 11) is 1.64. The van der Waals surface area contributed by atoms with E-state index in [1.54, 1.807) is 7.11 Å². The Hall–Kier alpha value is 0.370. The number of nitrogens with zero attached hydrogens (tertiary/aromatic N) is 1. The Morgan fingerprint density at radius 2 is 2.15 bits per heavy atom. The average molecular weight is 404 g/mol. The molecular weight excluding hydrogens is 394 g/mol. The van der Waals surface area contributed by atoms with Crippen LogP contribution in [-0.2, 0) is 0 Å². The summed E-state index contributed by atoms with van der Waals surface area (Å²) in [5.41, 5.74) is 6.60. The molecule has 1 rings (SSSR count). The summed E-state index contributed by atoms with van der Waals surface area (Å²) in [5.74, 6) is 0.788. The average Bonchev–Trinajstić information content (AvgIpc) is 2.02. The SMILES string of the molecule is COc1c(I)cc(I)nc1[C@H](C)N. The fourth-order valence-electron chi connectivity index (χ4n) is 1.00. The molecule has 0 amide bonds. The van der Waals surface area contributed by atoms with Crippen LogP contribution in [0.15, 0.2) is 6.07 Å². The minimum atomic E-state index is -0.0989. The number of nitrogens with two attached hydrogens (primary N) is 1. The molecule has 0 aliphatic carbocycles. The van der Waals surface area contributed by atoms with Gasteiger partial charge in [-0.25, -0.2) is 4.98 Å². The molecule has 1 aromatic heterocycles. The lowest BCUT2D eigenvalue weighted by Gasteiger charge is -2.12. The number of rotatable bonds is 2. The molecule has 5 heteroatoms. The Kier molecular flexibility index (Phi) is 4.17. The van der Waals surface area contributed by atoms with Crippen molar-refractivity contribution in [1.82, 2.24) is 4.98 Å². The molecular formula is C8H10I2N2O. The highest BCUT2D eigenvalue weighted by Crippen LogP contribution is 2.28. The normalized spacial score (nSPS) is 12.7. The number of ether oxygens (including phenoxy) is 1. The van der Waals surface area contributed by atoms with E-state index in [9.17, 15) is 0 Å². The smallest absolute Gasteiger partial charge is 0.155 e. The molecule has 0 saturated carbocycles. The van der Waals surface area contributed by atoms with Gasteiger partial charge in [0.25, 0.3) is 0 Å². The number of aromatic nitrogens is 1. The molecule has 2 N–H and O–H groups in total. The number of hydrogen-bond donors (Lipinski definition) is 1. The molecule has 0 spiro atoms. The first-order valence-corrected chi connectivity index (χ1v) is 5.87. The zero-order chi connectivity index (χ0) is 10.0. The third kappa shape index (κ3) is 2.66. The number of halogens is 2. The van der Waals surface area contributed by atoms with Gasteiger partial charge in [0.05, 0.1) is 10.7 Å². The largest absolute Gasteiger partial charge is 0.494 e. The van der Waals surface area contributed by atoms with Gasteiger partial charge in [0.15, 0.2) is 5.75 Å². The third-order valence-electron chi connectivity index (χ3n) is 1.56. The highest BCUT2D eigenvalue weighted by atomic mass is 127. The summed E-state index contributed by atoms with van der Waals surface area (Å²) in [6, 6.07) is 1.87. The third-order valence-corrected chi connectivity index (χ3v) is 2.91. The molecule has 0 bridgehead atoms. The Balaban J connectivity index is 3.29. The van der Waals surface area contributed by atoms with Crippen molar-refractivity contribution in [3.05, 3.63) is 19.0 Å². The van der Waals surface area contributed by atoms with E-state index in [-0.39, 0.29) is 6.04 Å². The second kappa shape index (κ2) is 4.74. The summed E-state index contributed by atoms with van der Waals surface area (Å²) in [6.07, 6.45) is 0. The van der Waals surface area contributed by atoms with Gasteiger partial charge in [-0.3, -0.25) is 0 Å². The zero-order valence-corrected chi connectivity index (χ0v) is 11.7. The Morgan fingerprint density at radius 1 is 1.54 bits per heavy atom. The molecule has 0 unspecified atom stereocenters. The van der Waals surface area contributed by atoms with Crippen molar-refractivity contribution in [3.8, 4) is 5.75 Å². The van der Waals surface area contributed by atoms with E-state index in [1.807, 2.05) is 13.0 Å². The van der Waals surface area contributed by atoms with Crippen molar-refractivity contribution >= 4 is 45.2 Å². The minimum absolute atomic E-state index is 0.0989. The van der Waals surface area contributed by atoms with E-state index >= 15 is 0 Å². The van der Waals surface area contributed by atoms with Gasteiger partial charge in [0.2, 0.25) is 0 Å². The fraction of sp³-hybridized carbons (Fsp3) is 0.375. The van der Waals surface area contributed by atoms with Gasteiger partial charge < -0.3 is 10.5 Å². The molecule has 1 heterocycles. The standard InChI is InChI=1S/C8H10I2N2O/c1-4(11)7-8(13-2)5(9)3-6(10)12-7/h3-4H,11H2,1-2H3/t4-/m0/s1. The van der Waals surface area contributed by atoms with Crippen LogP contribution in [0.4, 0.5) is 0 Å². The van der Waals surface area contributed by atoms with E-state index in [4.69, 9.17) is 10.5 Å². The summed E-state index contributed by atoms with van der Waals surface area (Å²) in [4.78, 5) is 4.34. The molecule has 13 heavy (non-hydrogen) atoms. The first-order valence-electron chi connectivity index (χ1n) is 3.71. The summed E-state index contributed by atoms with van der Waals surface area (Å²) in [5, 5.41) is 0. The number of hydrogen-bond acceptors (Lipinski definition) is 3. The van der Waals surface area contributed by atoms with E-state index in [1.165, 1.54) is 0 Å². The van der Waals surface area contributed by atoms with Crippen molar-refractivity contribution in [3.63, 3.8) is 0 Å². The molecule has 0 radical (unpaired) electrons. The first kappa shape index (κ1) is 11.4. The van der Waals surface area contributed by atoms with Gasteiger partial charge in [-0.05, 0) is 58.2 Å². The lowest BCUT2D eigenvalue weighted by Crippen LogP contribution is -2.11. The van der Waals surface area contributed by atoms with Crippen LogP contribution in [0.3, 0.4) is 0 Å². The molecule has 0 aromatic carbocycles. The second-order valence-corrected chi connectivity index (χ2v) is 4.90. The van der Waals surface area contributed by atoms with E-state index in [2.05, 4.69) is 50.2 Å². The van der Waals surface area contributed by atoms with E-state index < -0.39 is 0 Å². The van der Waals surface area contributed by atoms with Gasteiger partial charge in [-0.2, -0.15) is 0 Å². The molecule has 0 saturated heterocycles. The molecule has 72 valence electrons. The van der Waals surface area contributed by atoms with Crippen molar-refractivity contribution in [2.75, 3.05) is 7.11 Å². The van der Waals surface area contributed by atoms with Crippen LogP contribution in [-0.4, -0.2) is 12.1 Å². The number of methoxy groups -OCH3 is 1. The Labute approximate surface area is 105 Å². The predicted octanol–water partition coefficient (Wildman–Crippen LogP) is 2.32. The highest BCUT2D eigenvalue weighted by molar-refractivity contribution is 14.1. The van der Waals surface area contributed by atoms with E-state index in [0.29, 0.717) is 0 Å².